The fourth-order valence-corrected chi connectivity index (χ4v) is 2.58. The molecule has 0 amide bonds. The molecule has 3 rings (SSSR count). The second-order valence-electron chi connectivity index (χ2n) is 5.01. The lowest BCUT2D eigenvalue weighted by Crippen LogP contribution is -2.06. The molecule has 0 atom stereocenters. The zero-order valence-corrected chi connectivity index (χ0v) is 13.9. The van der Waals surface area contributed by atoms with Gasteiger partial charge in [0, 0.05) is 10.5 Å². The van der Waals surface area contributed by atoms with Gasteiger partial charge in [0.2, 0.25) is 5.90 Å². The Bertz CT molecular complexity index is 830. The van der Waals surface area contributed by atoms with Crippen LogP contribution < -0.4 is 4.74 Å². The van der Waals surface area contributed by atoms with Gasteiger partial charge in [-0.2, -0.15) is 8.78 Å². The first-order chi connectivity index (χ1) is 12.0. The second kappa shape index (κ2) is 7.48. The van der Waals surface area contributed by atoms with Crippen LogP contribution in [0.2, 0.25) is 0 Å². The standard InChI is InChI=1S/C18H13F2NO3S/c1-25-14-8-2-11(3-9-14)10-15-17(22)24-16(21-15)12-4-6-13(7-5-12)23-18(19)20/h2-10,18H,1H3/b15-10-. The highest BCUT2D eigenvalue weighted by Gasteiger charge is 2.24. The zero-order valence-electron chi connectivity index (χ0n) is 13.1. The van der Waals surface area contributed by atoms with E-state index in [1.165, 1.54) is 24.3 Å². The highest BCUT2D eigenvalue weighted by molar-refractivity contribution is 7.98. The van der Waals surface area contributed by atoms with E-state index in [1.807, 2.05) is 30.5 Å². The van der Waals surface area contributed by atoms with Gasteiger partial charge in [0.15, 0.2) is 5.70 Å². The van der Waals surface area contributed by atoms with E-state index in [1.54, 1.807) is 17.8 Å². The molecule has 0 aromatic heterocycles. The van der Waals surface area contributed by atoms with Gasteiger partial charge in [0.05, 0.1) is 0 Å². The van der Waals surface area contributed by atoms with Crippen molar-refractivity contribution in [2.24, 2.45) is 4.99 Å². The Balaban J connectivity index is 1.80. The topological polar surface area (TPSA) is 47.9 Å². The molecule has 0 spiro atoms. The normalized spacial score (nSPS) is 15.4. The molecule has 0 saturated carbocycles. The minimum atomic E-state index is -2.89. The van der Waals surface area contributed by atoms with E-state index >= 15 is 0 Å². The van der Waals surface area contributed by atoms with Gasteiger partial charge in [-0.25, -0.2) is 9.79 Å². The van der Waals surface area contributed by atoms with Crippen LogP contribution in [0.5, 0.6) is 5.75 Å². The molecule has 0 bridgehead atoms. The van der Waals surface area contributed by atoms with Gasteiger partial charge >= 0.3 is 12.6 Å². The van der Waals surface area contributed by atoms with Crippen LogP contribution in [0.4, 0.5) is 8.78 Å². The van der Waals surface area contributed by atoms with Gasteiger partial charge < -0.3 is 9.47 Å². The predicted molar refractivity (Wildman–Crippen MR) is 91.9 cm³/mol. The number of halogens is 2. The SMILES string of the molecule is CSc1ccc(/C=C2\N=C(c3ccc(OC(F)F)cc3)OC2=O)cc1. The minimum absolute atomic E-state index is 0.0216. The molecule has 0 N–H and O–H groups in total. The van der Waals surface area contributed by atoms with Gasteiger partial charge in [0.1, 0.15) is 5.75 Å². The summed E-state index contributed by atoms with van der Waals surface area (Å²) in [5.74, 6) is -0.411. The molecule has 1 aliphatic heterocycles. The van der Waals surface area contributed by atoms with Gasteiger partial charge in [-0.05, 0) is 54.3 Å². The quantitative estimate of drug-likeness (QED) is 0.451. The van der Waals surface area contributed by atoms with Crippen LogP contribution in [-0.2, 0) is 9.53 Å². The Morgan fingerprint density at radius 2 is 1.80 bits per heavy atom. The molecule has 1 heterocycles. The molecule has 25 heavy (non-hydrogen) atoms. The lowest BCUT2D eigenvalue weighted by Gasteiger charge is -2.04. The molecular formula is C18H13F2NO3S. The smallest absolute Gasteiger partial charge is 0.387 e. The summed E-state index contributed by atoms with van der Waals surface area (Å²) in [7, 11) is 0. The molecule has 1 aliphatic rings. The van der Waals surface area contributed by atoms with Crippen molar-refractivity contribution in [1.29, 1.82) is 0 Å². The predicted octanol–water partition coefficient (Wildman–Crippen LogP) is 4.35. The molecule has 2 aromatic rings. The van der Waals surface area contributed by atoms with Crippen LogP contribution in [0.1, 0.15) is 11.1 Å². The van der Waals surface area contributed by atoms with Gasteiger partial charge in [0.25, 0.3) is 0 Å². The third kappa shape index (κ3) is 4.24. The first kappa shape index (κ1) is 17.2. The summed E-state index contributed by atoms with van der Waals surface area (Å²) in [6.45, 7) is -2.89. The Labute approximate surface area is 147 Å². The number of ether oxygens (including phenoxy) is 2. The first-order valence-corrected chi connectivity index (χ1v) is 8.49. The van der Waals surface area contributed by atoms with E-state index in [0.717, 1.165) is 10.5 Å². The Hall–Kier alpha value is -2.67. The van der Waals surface area contributed by atoms with Crippen LogP contribution in [0.15, 0.2) is 64.1 Å². The largest absolute Gasteiger partial charge is 0.435 e. The van der Waals surface area contributed by atoms with Crippen LogP contribution in [0, 0.1) is 0 Å². The molecular weight excluding hydrogens is 348 g/mol. The number of rotatable bonds is 5. The monoisotopic (exact) mass is 361 g/mol. The number of carbonyl (C=O) groups excluding carboxylic acids is 1. The van der Waals surface area contributed by atoms with E-state index in [9.17, 15) is 13.6 Å². The van der Waals surface area contributed by atoms with Crippen molar-refractivity contribution < 1.29 is 23.0 Å². The molecule has 0 saturated heterocycles. The van der Waals surface area contributed by atoms with Crippen molar-refractivity contribution in [3.8, 4) is 5.75 Å². The summed E-state index contributed by atoms with van der Waals surface area (Å²) < 4.78 is 33.7. The van der Waals surface area contributed by atoms with E-state index in [-0.39, 0.29) is 17.3 Å². The number of esters is 1. The number of alkyl halides is 2. The van der Waals surface area contributed by atoms with Crippen LogP contribution >= 0.6 is 11.8 Å². The van der Waals surface area contributed by atoms with Gasteiger partial charge in [-0.3, -0.25) is 0 Å². The van der Waals surface area contributed by atoms with Crippen molar-refractivity contribution in [1.82, 2.24) is 0 Å². The molecule has 2 aromatic carbocycles. The fraction of sp³-hybridized carbons (Fsp3) is 0.111. The number of thioether (sulfide) groups is 1. The third-order valence-corrected chi connectivity index (χ3v) is 4.11. The highest BCUT2D eigenvalue weighted by Crippen LogP contribution is 2.22. The summed E-state index contributed by atoms with van der Waals surface area (Å²) in [4.78, 5) is 17.3. The van der Waals surface area contributed by atoms with E-state index < -0.39 is 12.6 Å². The maximum Gasteiger partial charge on any atom is 0.387 e. The Kier molecular flexibility index (Phi) is 5.14. The molecule has 4 nitrogen and oxygen atoms in total. The minimum Gasteiger partial charge on any atom is -0.435 e. The van der Waals surface area contributed by atoms with Crippen molar-refractivity contribution in [3.05, 3.63) is 65.4 Å². The third-order valence-electron chi connectivity index (χ3n) is 3.37. The van der Waals surface area contributed by atoms with Crippen molar-refractivity contribution in [3.63, 3.8) is 0 Å². The number of benzene rings is 2. The van der Waals surface area contributed by atoms with Gasteiger partial charge in [-0.15, -0.1) is 11.8 Å². The molecule has 7 heteroatoms. The number of nitrogens with zero attached hydrogens (tertiary/aromatic N) is 1. The molecule has 0 fully saturated rings. The number of hydrogen-bond acceptors (Lipinski definition) is 5. The van der Waals surface area contributed by atoms with E-state index in [0.29, 0.717) is 5.56 Å². The van der Waals surface area contributed by atoms with Crippen molar-refractivity contribution in [2.45, 2.75) is 11.5 Å². The summed E-state index contributed by atoms with van der Waals surface area (Å²) in [5.41, 5.74) is 1.51. The molecule has 128 valence electrons. The summed E-state index contributed by atoms with van der Waals surface area (Å²) in [5, 5.41) is 0. The lowest BCUT2D eigenvalue weighted by atomic mass is 10.2. The van der Waals surface area contributed by atoms with Crippen LogP contribution in [0.3, 0.4) is 0 Å². The fourth-order valence-electron chi connectivity index (χ4n) is 2.17. The first-order valence-electron chi connectivity index (χ1n) is 7.27. The zero-order chi connectivity index (χ0) is 17.8. The number of cyclic esters (lactones) is 1. The maximum atomic E-state index is 12.2. The Morgan fingerprint density at radius 3 is 2.40 bits per heavy atom. The lowest BCUT2D eigenvalue weighted by molar-refractivity contribution is -0.129. The second-order valence-corrected chi connectivity index (χ2v) is 5.89. The highest BCUT2D eigenvalue weighted by atomic mass is 32.2. The van der Waals surface area contributed by atoms with Crippen LogP contribution in [0.25, 0.3) is 6.08 Å². The maximum absolute atomic E-state index is 12.2. The average Bonchev–Trinajstić information content (AvgIpc) is 2.96. The van der Waals surface area contributed by atoms with Gasteiger partial charge in [-0.1, -0.05) is 12.1 Å². The number of hydrogen-bond donors (Lipinski definition) is 0. The van der Waals surface area contributed by atoms with Crippen LogP contribution in [-0.4, -0.2) is 24.7 Å². The number of aliphatic imine (C=N–C) groups is 1. The van der Waals surface area contributed by atoms with E-state index in [2.05, 4.69) is 9.73 Å². The average molecular weight is 361 g/mol. The van der Waals surface area contributed by atoms with E-state index in [4.69, 9.17) is 4.74 Å². The summed E-state index contributed by atoms with van der Waals surface area (Å²) in [6, 6.07) is 13.4. The summed E-state index contributed by atoms with van der Waals surface area (Å²) in [6.07, 6.45) is 3.61. The Morgan fingerprint density at radius 1 is 1.12 bits per heavy atom. The molecule has 0 unspecified atom stereocenters. The number of carbonyl (C=O) groups is 1. The van der Waals surface area contributed by atoms with Crippen molar-refractivity contribution in [2.75, 3.05) is 6.26 Å². The van der Waals surface area contributed by atoms with Crippen molar-refractivity contribution >= 4 is 29.7 Å². The summed E-state index contributed by atoms with van der Waals surface area (Å²) >= 11 is 1.63. The molecule has 0 radical (unpaired) electrons. The molecule has 0 aliphatic carbocycles.